The third-order valence-electron chi connectivity index (χ3n) is 4.63. The van der Waals surface area contributed by atoms with Crippen LogP contribution >= 0.6 is 0 Å². The number of aryl methyl sites for hydroxylation is 2. The van der Waals surface area contributed by atoms with Gasteiger partial charge in [0.2, 0.25) is 5.91 Å². The van der Waals surface area contributed by atoms with E-state index >= 15 is 0 Å². The zero-order valence-electron chi connectivity index (χ0n) is 13.0. The molecule has 1 aliphatic heterocycles. The lowest BCUT2D eigenvalue weighted by Crippen LogP contribution is -2.47. The van der Waals surface area contributed by atoms with E-state index in [4.69, 9.17) is 0 Å². The van der Waals surface area contributed by atoms with E-state index in [1.54, 1.807) is 6.92 Å². The van der Waals surface area contributed by atoms with Crippen molar-refractivity contribution in [3.8, 4) is 0 Å². The molecule has 22 heavy (non-hydrogen) atoms. The molecule has 118 valence electrons. The molecule has 0 bridgehead atoms. The first-order valence-electron chi connectivity index (χ1n) is 8.06. The Morgan fingerprint density at radius 3 is 2.59 bits per heavy atom. The summed E-state index contributed by atoms with van der Waals surface area (Å²) in [5.41, 5.74) is 3.62. The van der Waals surface area contributed by atoms with Crippen molar-refractivity contribution in [3.05, 3.63) is 29.3 Å². The highest BCUT2D eigenvalue weighted by Crippen LogP contribution is 2.24. The Hall–Kier alpha value is -2.04. The van der Waals surface area contributed by atoms with Gasteiger partial charge in [-0.15, -0.1) is 0 Å². The van der Waals surface area contributed by atoms with Crippen molar-refractivity contribution >= 4 is 17.6 Å². The number of anilines is 1. The molecule has 0 spiro atoms. The summed E-state index contributed by atoms with van der Waals surface area (Å²) in [5, 5.41) is 5.93. The van der Waals surface area contributed by atoms with E-state index in [2.05, 4.69) is 22.8 Å². The predicted octanol–water partition coefficient (Wildman–Crippen LogP) is 2.31. The van der Waals surface area contributed by atoms with Gasteiger partial charge in [-0.3, -0.25) is 4.79 Å². The van der Waals surface area contributed by atoms with E-state index in [0.717, 1.165) is 44.5 Å². The molecule has 0 atom stereocenters. The highest BCUT2D eigenvalue weighted by Gasteiger charge is 2.22. The number of hydrogen-bond donors (Lipinski definition) is 2. The molecule has 1 aromatic carbocycles. The maximum Gasteiger partial charge on any atom is 0.319 e. The molecule has 1 saturated heterocycles. The summed E-state index contributed by atoms with van der Waals surface area (Å²) in [5.74, 6) is 0.112. The van der Waals surface area contributed by atoms with Gasteiger partial charge >= 0.3 is 6.03 Å². The van der Waals surface area contributed by atoms with E-state index in [9.17, 15) is 9.59 Å². The average Bonchev–Trinajstić information content (AvgIpc) is 2.95. The van der Waals surface area contributed by atoms with Crippen molar-refractivity contribution in [2.45, 2.75) is 45.1 Å². The molecule has 0 radical (unpaired) electrons. The van der Waals surface area contributed by atoms with Crippen LogP contribution in [0.25, 0.3) is 0 Å². The van der Waals surface area contributed by atoms with Gasteiger partial charge < -0.3 is 15.5 Å². The predicted molar refractivity (Wildman–Crippen MR) is 85.9 cm³/mol. The van der Waals surface area contributed by atoms with Crippen LogP contribution in [0.5, 0.6) is 0 Å². The minimum atomic E-state index is -0.153. The van der Waals surface area contributed by atoms with Crippen molar-refractivity contribution in [2.75, 3.05) is 18.4 Å². The molecule has 5 heteroatoms. The van der Waals surface area contributed by atoms with Crippen molar-refractivity contribution in [1.82, 2.24) is 10.2 Å². The Labute approximate surface area is 131 Å². The molecule has 3 amide bonds. The largest absolute Gasteiger partial charge is 0.343 e. The lowest BCUT2D eigenvalue weighted by Gasteiger charge is -2.31. The van der Waals surface area contributed by atoms with E-state index in [1.807, 2.05) is 11.0 Å². The number of amides is 3. The molecule has 0 saturated carbocycles. The number of carbonyl (C=O) groups excluding carboxylic acids is 2. The summed E-state index contributed by atoms with van der Waals surface area (Å²) in [6.07, 6.45) is 5.10. The molecule has 0 unspecified atom stereocenters. The Bertz CT molecular complexity index is 577. The maximum atomic E-state index is 12.1. The normalized spacial score (nSPS) is 18.0. The average molecular weight is 301 g/mol. The highest BCUT2D eigenvalue weighted by atomic mass is 16.2. The van der Waals surface area contributed by atoms with Crippen molar-refractivity contribution in [1.29, 1.82) is 0 Å². The lowest BCUT2D eigenvalue weighted by atomic mass is 10.1. The van der Waals surface area contributed by atoms with Crippen LogP contribution in [0.4, 0.5) is 10.5 Å². The van der Waals surface area contributed by atoms with E-state index in [0.29, 0.717) is 0 Å². The van der Waals surface area contributed by atoms with Gasteiger partial charge in [-0.25, -0.2) is 4.79 Å². The van der Waals surface area contributed by atoms with Crippen LogP contribution < -0.4 is 10.6 Å². The van der Waals surface area contributed by atoms with Crippen LogP contribution in [-0.4, -0.2) is 36.0 Å². The van der Waals surface area contributed by atoms with Crippen molar-refractivity contribution in [2.24, 2.45) is 0 Å². The van der Waals surface area contributed by atoms with E-state index in [1.165, 1.54) is 17.5 Å². The van der Waals surface area contributed by atoms with Crippen LogP contribution in [0.15, 0.2) is 18.2 Å². The minimum absolute atomic E-state index is 0.112. The number of fused-ring (bicyclic) bond motifs is 1. The van der Waals surface area contributed by atoms with Crippen LogP contribution in [0.3, 0.4) is 0 Å². The topological polar surface area (TPSA) is 61.4 Å². The van der Waals surface area contributed by atoms with Gasteiger partial charge in [-0.1, -0.05) is 6.07 Å². The number of rotatable bonds is 2. The first-order chi connectivity index (χ1) is 10.6. The number of hydrogen-bond acceptors (Lipinski definition) is 2. The highest BCUT2D eigenvalue weighted by molar-refractivity contribution is 5.89. The van der Waals surface area contributed by atoms with Gasteiger partial charge in [0.1, 0.15) is 0 Å². The number of benzene rings is 1. The van der Waals surface area contributed by atoms with Gasteiger partial charge in [-0.05, 0) is 55.4 Å². The Kier molecular flexibility index (Phi) is 4.32. The Morgan fingerprint density at radius 1 is 1.14 bits per heavy atom. The number of piperidine rings is 1. The lowest BCUT2D eigenvalue weighted by molar-refractivity contribution is -0.129. The summed E-state index contributed by atoms with van der Waals surface area (Å²) >= 11 is 0. The number of urea groups is 1. The van der Waals surface area contributed by atoms with Crippen LogP contribution in [-0.2, 0) is 17.6 Å². The smallest absolute Gasteiger partial charge is 0.319 e. The number of carbonyl (C=O) groups is 2. The summed E-state index contributed by atoms with van der Waals surface area (Å²) in [4.78, 5) is 25.2. The summed E-state index contributed by atoms with van der Waals surface area (Å²) in [6, 6.07) is 6.16. The fourth-order valence-corrected chi connectivity index (χ4v) is 3.34. The molecule has 1 fully saturated rings. The van der Waals surface area contributed by atoms with Crippen LogP contribution in [0.1, 0.15) is 37.3 Å². The fraction of sp³-hybridized carbons (Fsp3) is 0.529. The van der Waals surface area contributed by atoms with E-state index < -0.39 is 0 Å². The third kappa shape index (κ3) is 3.40. The second-order valence-corrected chi connectivity index (χ2v) is 6.22. The molecule has 5 nitrogen and oxygen atoms in total. The van der Waals surface area contributed by atoms with Crippen LogP contribution in [0.2, 0.25) is 0 Å². The summed E-state index contributed by atoms with van der Waals surface area (Å²) < 4.78 is 0. The quantitative estimate of drug-likeness (QED) is 0.880. The van der Waals surface area contributed by atoms with Crippen LogP contribution in [0, 0.1) is 0 Å². The first kappa shape index (κ1) is 14.9. The molecular formula is C17H23N3O2. The molecule has 1 aromatic rings. The van der Waals surface area contributed by atoms with Gasteiger partial charge in [0.05, 0.1) is 0 Å². The summed E-state index contributed by atoms with van der Waals surface area (Å²) in [7, 11) is 0. The van der Waals surface area contributed by atoms with Gasteiger partial charge in [0, 0.05) is 31.7 Å². The zero-order valence-corrected chi connectivity index (χ0v) is 13.0. The van der Waals surface area contributed by atoms with Gasteiger partial charge in [0.15, 0.2) is 0 Å². The molecule has 0 aromatic heterocycles. The van der Waals surface area contributed by atoms with Crippen molar-refractivity contribution < 1.29 is 9.59 Å². The Balaban J connectivity index is 1.50. The number of nitrogens with one attached hydrogen (secondary N) is 2. The maximum absolute atomic E-state index is 12.1. The minimum Gasteiger partial charge on any atom is -0.343 e. The molecule has 1 heterocycles. The molecule has 3 rings (SSSR count). The monoisotopic (exact) mass is 301 g/mol. The zero-order chi connectivity index (χ0) is 15.5. The van der Waals surface area contributed by atoms with Gasteiger partial charge in [-0.2, -0.15) is 0 Å². The standard InChI is InChI=1S/C17H23N3O2/c1-12(21)20-9-7-15(8-10-20)18-17(22)19-16-6-5-13-3-2-4-14(13)11-16/h5-6,11,15H,2-4,7-10H2,1H3,(H2,18,19,22). The Morgan fingerprint density at radius 2 is 1.86 bits per heavy atom. The number of likely N-dealkylation sites (tertiary alicyclic amines) is 1. The molecule has 1 aliphatic carbocycles. The fourth-order valence-electron chi connectivity index (χ4n) is 3.34. The second-order valence-electron chi connectivity index (χ2n) is 6.22. The molecule has 2 aliphatic rings. The van der Waals surface area contributed by atoms with E-state index in [-0.39, 0.29) is 18.0 Å². The summed E-state index contributed by atoms with van der Waals surface area (Å²) in [6.45, 7) is 3.03. The molecule has 2 N–H and O–H groups in total. The SMILES string of the molecule is CC(=O)N1CCC(NC(=O)Nc2ccc3c(c2)CCC3)CC1. The second kappa shape index (κ2) is 6.38. The third-order valence-corrected chi connectivity index (χ3v) is 4.63. The molecular weight excluding hydrogens is 278 g/mol. The first-order valence-corrected chi connectivity index (χ1v) is 8.06. The van der Waals surface area contributed by atoms with Crippen molar-refractivity contribution in [3.63, 3.8) is 0 Å². The van der Waals surface area contributed by atoms with Gasteiger partial charge in [0.25, 0.3) is 0 Å². The number of nitrogens with zero attached hydrogens (tertiary/aromatic N) is 1.